The van der Waals surface area contributed by atoms with Crippen molar-refractivity contribution < 1.29 is 33.6 Å². The van der Waals surface area contributed by atoms with Crippen LogP contribution in [-0.2, 0) is 18.7 Å². The summed E-state index contributed by atoms with van der Waals surface area (Å²) in [5.74, 6) is -1.85. The third-order valence-corrected chi connectivity index (χ3v) is 4.54. The van der Waals surface area contributed by atoms with Gasteiger partial charge in [-0.05, 0) is 6.42 Å². The molecule has 0 aromatic heterocycles. The number of hydrogen-bond donors (Lipinski definition) is 4. The molecule has 1 amide bonds. The molecule has 0 heterocycles. The van der Waals surface area contributed by atoms with Crippen LogP contribution in [0.4, 0.5) is 0 Å². The van der Waals surface area contributed by atoms with E-state index in [0.29, 0.717) is 6.42 Å². The Morgan fingerprint density at radius 3 is 1.81 bits per heavy atom. The molecule has 9 heteroatoms. The molecule has 0 aromatic carbocycles. The minimum absolute atomic E-state index is 0.191. The van der Waals surface area contributed by atoms with Crippen molar-refractivity contribution in [2.24, 2.45) is 0 Å². The van der Waals surface area contributed by atoms with Crippen LogP contribution in [0.2, 0.25) is 0 Å². The van der Waals surface area contributed by atoms with E-state index in [1.54, 1.807) is 0 Å². The van der Waals surface area contributed by atoms with E-state index in [1.165, 1.54) is 44.9 Å². The second kappa shape index (κ2) is 15.1. The highest BCUT2D eigenvalue weighted by atomic mass is 31.2. The van der Waals surface area contributed by atoms with Crippen molar-refractivity contribution in [3.05, 3.63) is 0 Å². The summed E-state index contributed by atoms with van der Waals surface area (Å²) in [4.78, 5) is 39.8. The van der Waals surface area contributed by atoms with Crippen LogP contribution in [-0.4, -0.2) is 39.4 Å². The van der Waals surface area contributed by atoms with E-state index < -0.39 is 32.3 Å². The second-order valence-electron chi connectivity index (χ2n) is 6.53. The van der Waals surface area contributed by atoms with Gasteiger partial charge in [-0.3, -0.25) is 9.32 Å². The lowest BCUT2D eigenvalue weighted by Crippen LogP contribution is -2.43. The Kier molecular flexibility index (Phi) is 14.6. The van der Waals surface area contributed by atoms with Crippen LogP contribution in [0.3, 0.4) is 0 Å². The number of unbranched alkanes of at least 4 members (excludes halogenated alkanes) is 10. The average Bonchev–Trinajstić information content (AvgIpc) is 2.55. The maximum Gasteiger partial charge on any atom is 0.469 e. The van der Waals surface area contributed by atoms with Crippen LogP contribution >= 0.6 is 7.82 Å². The summed E-state index contributed by atoms with van der Waals surface area (Å²) in [7, 11) is -4.77. The molecular formula is C17H34NO7P. The molecule has 0 aliphatic heterocycles. The third-order valence-electron chi connectivity index (χ3n) is 4.05. The number of hydrogen-bond acceptors (Lipinski definition) is 4. The van der Waals surface area contributed by atoms with E-state index in [9.17, 15) is 14.2 Å². The van der Waals surface area contributed by atoms with Crippen LogP contribution in [0, 0.1) is 0 Å². The summed E-state index contributed by atoms with van der Waals surface area (Å²) in [5, 5.41) is 11.1. The first-order valence-corrected chi connectivity index (χ1v) is 11.0. The van der Waals surface area contributed by atoms with E-state index in [0.717, 1.165) is 19.3 Å². The smallest absolute Gasteiger partial charge is 0.469 e. The monoisotopic (exact) mass is 395 g/mol. The molecule has 0 radical (unpaired) electrons. The van der Waals surface area contributed by atoms with Crippen molar-refractivity contribution in [3.8, 4) is 0 Å². The molecule has 26 heavy (non-hydrogen) atoms. The van der Waals surface area contributed by atoms with Gasteiger partial charge < -0.3 is 20.2 Å². The SMILES string of the molecule is CCCCCCCCCCCCCC(=O)N[C@@H](COP(=O)(O)O)C(=O)O. The Morgan fingerprint density at radius 2 is 1.38 bits per heavy atom. The number of carboxylic acid groups (broad SMARTS) is 1. The van der Waals surface area contributed by atoms with E-state index >= 15 is 0 Å². The predicted molar refractivity (Wildman–Crippen MR) is 98.6 cm³/mol. The standard InChI is InChI=1S/C17H34NO7P/c1-2-3-4-5-6-7-8-9-10-11-12-13-16(19)18-15(17(20)21)14-25-26(22,23)24/h15H,2-14H2,1H3,(H,18,19)(H,20,21)(H2,22,23,24)/t15-/m0/s1. The summed E-state index contributed by atoms with van der Waals surface area (Å²) >= 11 is 0. The molecule has 8 nitrogen and oxygen atoms in total. The van der Waals surface area contributed by atoms with E-state index in [2.05, 4.69) is 16.8 Å². The van der Waals surface area contributed by atoms with Crippen LogP contribution < -0.4 is 5.32 Å². The molecule has 0 unspecified atom stereocenters. The highest BCUT2D eigenvalue weighted by molar-refractivity contribution is 7.46. The first-order valence-electron chi connectivity index (χ1n) is 9.48. The van der Waals surface area contributed by atoms with Crippen LogP contribution in [0.5, 0.6) is 0 Å². The lowest BCUT2D eigenvalue weighted by Gasteiger charge is -2.15. The van der Waals surface area contributed by atoms with Gasteiger partial charge in [-0.15, -0.1) is 0 Å². The van der Waals surface area contributed by atoms with Crippen molar-refractivity contribution >= 4 is 19.7 Å². The quantitative estimate of drug-likeness (QED) is 0.219. The second-order valence-corrected chi connectivity index (χ2v) is 7.77. The molecule has 0 aliphatic rings. The Balaban J connectivity index is 3.68. The van der Waals surface area contributed by atoms with Crippen LogP contribution in [0.25, 0.3) is 0 Å². The van der Waals surface area contributed by atoms with Gasteiger partial charge in [0.15, 0.2) is 6.04 Å². The number of carbonyl (C=O) groups excluding carboxylic acids is 1. The lowest BCUT2D eigenvalue weighted by atomic mass is 10.1. The Morgan fingerprint density at radius 1 is 0.923 bits per heavy atom. The van der Waals surface area contributed by atoms with Crippen molar-refractivity contribution in [2.75, 3.05) is 6.61 Å². The van der Waals surface area contributed by atoms with E-state index in [4.69, 9.17) is 14.9 Å². The van der Waals surface area contributed by atoms with Gasteiger partial charge in [-0.1, -0.05) is 71.1 Å². The number of aliphatic carboxylic acids is 1. The largest absolute Gasteiger partial charge is 0.480 e. The van der Waals surface area contributed by atoms with E-state index in [1.807, 2.05) is 0 Å². The molecule has 0 aliphatic carbocycles. The van der Waals surface area contributed by atoms with Crippen molar-refractivity contribution in [1.29, 1.82) is 0 Å². The van der Waals surface area contributed by atoms with Gasteiger partial charge in [0.2, 0.25) is 5.91 Å². The lowest BCUT2D eigenvalue weighted by molar-refractivity contribution is -0.142. The molecule has 0 fully saturated rings. The summed E-state index contributed by atoms with van der Waals surface area (Å²) in [6.45, 7) is 1.43. The number of nitrogens with one attached hydrogen (secondary N) is 1. The van der Waals surface area contributed by atoms with Crippen molar-refractivity contribution in [2.45, 2.75) is 90.0 Å². The van der Waals surface area contributed by atoms with Gasteiger partial charge in [0, 0.05) is 6.42 Å². The van der Waals surface area contributed by atoms with Gasteiger partial charge in [0.05, 0.1) is 6.61 Å². The van der Waals surface area contributed by atoms with E-state index in [-0.39, 0.29) is 6.42 Å². The molecule has 0 spiro atoms. The number of rotatable bonds is 17. The van der Waals surface area contributed by atoms with Crippen molar-refractivity contribution in [3.63, 3.8) is 0 Å². The first kappa shape index (κ1) is 25.1. The molecular weight excluding hydrogens is 361 g/mol. The number of amides is 1. The Bertz CT molecular complexity index is 439. The summed E-state index contributed by atoms with van der Waals surface area (Å²) in [6.07, 6.45) is 12.9. The van der Waals surface area contributed by atoms with Crippen LogP contribution in [0.15, 0.2) is 0 Å². The molecule has 154 valence electrons. The van der Waals surface area contributed by atoms with Gasteiger partial charge in [0.1, 0.15) is 0 Å². The molecule has 0 saturated heterocycles. The molecule has 0 saturated carbocycles. The highest BCUT2D eigenvalue weighted by Crippen LogP contribution is 2.35. The van der Waals surface area contributed by atoms with Crippen molar-refractivity contribution in [1.82, 2.24) is 5.32 Å². The van der Waals surface area contributed by atoms with Crippen LogP contribution in [0.1, 0.15) is 84.0 Å². The number of carbonyl (C=O) groups is 2. The summed E-state index contributed by atoms with van der Waals surface area (Å²) in [6, 6.07) is -1.47. The average molecular weight is 395 g/mol. The van der Waals surface area contributed by atoms with Gasteiger partial charge >= 0.3 is 13.8 Å². The zero-order valence-electron chi connectivity index (χ0n) is 15.7. The molecule has 1 atom stereocenters. The zero-order valence-corrected chi connectivity index (χ0v) is 16.6. The topological polar surface area (TPSA) is 133 Å². The Hall–Kier alpha value is -0.950. The fourth-order valence-corrected chi connectivity index (χ4v) is 2.91. The molecule has 0 rings (SSSR count). The highest BCUT2D eigenvalue weighted by Gasteiger charge is 2.24. The van der Waals surface area contributed by atoms with Gasteiger partial charge in [-0.2, -0.15) is 0 Å². The molecule has 0 bridgehead atoms. The fourth-order valence-electron chi connectivity index (χ4n) is 2.56. The first-order chi connectivity index (χ1) is 12.3. The maximum atomic E-state index is 11.7. The predicted octanol–water partition coefficient (Wildman–Crippen LogP) is 3.37. The maximum absolute atomic E-state index is 11.7. The summed E-state index contributed by atoms with van der Waals surface area (Å²) < 4.78 is 14.7. The molecule has 4 N–H and O–H groups in total. The van der Waals surface area contributed by atoms with Gasteiger partial charge in [0.25, 0.3) is 0 Å². The third kappa shape index (κ3) is 16.5. The minimum Gasteiger partial charge on any atom is -0.480 e. The zero-order chi connectivity index (χ0) is 19.8. The fraction of sp³-hybridized carbons (Fsp3) is 0.882. The molecule has 0 aromatic rings. The number of carboxylic acids is 1. The number of phosphoric acid groups is 1. The summed E-state index contributed by atoms with van der Waals surface area (Å²) in [5.41, 5.74) is 0. The minimum atomic E-state index is -4.77. The number of phosphoric ester groups is 1. The van der Waals surface area contributed by atoms with Gasteiger partial charge in [-0.25, -0.2) is 9.36 Å². The Labute approximate surface area is 155 Å². The normalized spacial score (nSPS) is 12.7.